The number of nitrogens with zero attached hydrogens (tertiary/aromatic N) is 3. The molecule has 1 heterocycles. The monoisotopic (exact) mass is 238 g/mol. The Morgan fingerprint density at radius 3 is 2.82 bits per heavy atom. The highest BCUT2D eigenvalue weighted by Gasteiger charge is 2.17. The van der Waals surface area contributed by atoms with E-state index in [2.05, 4.69) is 10.4 Å². The van der Waals surface area contributed by atoms with Gasteiger partial charge in [-0.2, -0.15) is 4.68 Å². The first-order valence-corrected chi connectivity index (χ1v) is 5.06. The minimum absolute atomic E-state index is 0.0241. The molecular formula is C10H14N4O3. The Labute approximate surface area is 98.3 Å². The van der Waals surface area contributed by atoms with E-state index in [1.54, 1.807) is 7.05 Å². The normalized spacial score (nSPS) is 11.1. The Morgan fingerprint density at radius 2 is 2.29 bits per heavy atom. The maximum Gasteiger partial charge on any atom is 0.397 e. The highest BCUT2D eigenvalue weighted by Crippen LogP contribution is 2.16. The number of nitro groups is 1. The lowest BCUT2D eigenvalue weighted by Gasteiger charge is -2.03. The summed E-state index contributed by atoms with van der Waals surface area (Å²) in [5, 5.41) is 17.0. The van der Waals surface area contributed by atoms with Crippen molar-refractivity contribution in [3.05, 3.63) is 28.0 Å². The number of carbonyl (C=O) groups is 1. The Balaban J connectivity index is 2.84. The molecule has 0 saturated heterocycles. The minimum Gasteiger partial charge on any atom is -0.358 e. The van der Waals surface area contributed by atoms with Crippen molar-refractivity contribution >= 4 is 17.8 Å². The molecule has 7 nitrogen and oxygen atoms in total. The van der Waals surface area contributed by atoms with Crippen molar-refractivity contribution in [3.63, 3.8) is 0 Å². The van der Waals surface area contributed by atoms with Gasteiger partial charge in [0.15, 0.2) is 0 Å². The first-order valence-electron chi connectivity index (χ1n) is 5.06. The summed E-state index contributed by atoms with van der Waals surface area (Å²) in [4.78, 5) is 21.4. The zero-order chi connectivity index (χ0) is 13.0. The zero-order valence-electron chi connectivity index (χ0n) is 9.88. The third kappa shape index (κ3) is 3.71. The quantitative estimate of drug-likeness (QED) is 0.478. The van der Waals surface area contributed by atoms with Crippen LogP contribution in [0.3, 0.4) is 0 Å². The van der Waals surface area contributed by atoms with Crippen LogP contribution in [0, 0.1) is 10.1 Å². The predicted molar refractivity (Wildman–Crippen MR) is 62.2 cm³/mol. The number of nitrogens with one attached hydrogen (secondary N) is 1. The largest absolute Gasteiger partial charge is 0.397 e. The van der Waals surface area contributed by atoms with Crippen LogP contribution in [0.15, 0.2) is 12.3 Å². The predicted octanol–water partition coefficient (Wildman–Crippen LogP) is 0.866. The standard InChI is InChI=1S/C10H14N4O3/c1-7(2)11-9(15)5-4-8-6-13(3)12-10(8)14(16)17/h4-7H,1-3H3,(H,11,15)/b5-4+. The SMILES string of the molecule is CC(C)NC(=O)/C=C/c1cn(C)nc1[N+](=O)[O-]. The smallest absolute Gasteiger partial charge is 0.358 e. The number of aromatic nitrogens is 2. The van der Waals surface area contributed by atoms with Crippen LogP contribution >= 0.6 is 0 Å². The molecular weight excluding hydrogens is 224 g/mol. The molecule has 0 aliphatic carbocycles. The average Bonchev–Trinajstić information content (AvgIpc) is 2.55. The zero-order valence-corrected chi connectivity index (χ0v) is 9.88. The number of hydrogen-bond acceptors (Lipinski definition) is 4. The minimum atomic E-state index is -0.583. The Hall–Kier alpha value is -2.18. The summed E-state index contributed by atoms with van der Waals surface area (Å²) >= 11 is 0. The van der Waals surface area contributed by atoms with E-state index in [0.717, 1.165) is 0 Å². The van der Waals surface area contributed by atoms with Gasteiger partial charge < -0.3 is 15.4 Å². The van der Waals surface area contributed by atoms with Gasteiger partial charge in [-0.15, -0.1) is 0 Å². The average molecular weight is 238 g/mol. The van der Waals surface area contributed by atoms with Gasteiger partial charge in [0.25, 0.3) is 0 Å². The summed E-state index contributed by atoms with van der Waals surface area (Å²) in [7, 11) is 1.58. The van der Waals surface area contributed by atoms with Crippen molar-refractivity contribution in [2.45, 2.75) is 19.9 Å². The molecule has 0 aliphatic heterocycles. The lowest BCUT2D eigenvalue weighted by Crippen LogP contribution is -2.28. The van der Waals surface area contributed by atoms with E-state index >= 15 is 0 Å². The lowest BCUT2D eigenvalue weighted by atomic mass is 10.3. The molecule has 1 amide bonds. The Kier molecular flexibility index (Phi) is 3.97. The molecule has 0 atom stereocenters. The summed E-state index contributed by atoms with van der Waals surface area (Å²) in [6.45, 7) is 3.66. The first-order chi connectivity index (χ1) is 7.90. The molecule has 0 aromatic carbocycles. The van der Waals surface area contributed by atoms with Crippen LogP contribution in [0.1, 0.15) is 19.4 Å². The molecule has 0 bridgehead atoms. The number of amides is 1. The number of rotatable bonds is 4. The molecule has 1 aromatic heterocycles. The van der Waals surface area contributed by atoms with Gasteiger partial charge in [0.05, 0.1) is 23.9 Å². The van der Waals surface area contributed by atoms with E-state index in [-0.39, 0.29) is 17.8 Å². The van der Waals surface area contributed by atoms with Gasteiger partial charge in [-0.05, 0) is 24.8 Å². The molecule has 17 heavy (non-hydrogen) atoms. The molecule has 0 spiro atoms. The van der Waals surface area contributed by atoms with Crippen molar-refractivity contribution in [1.29, 1.82) is 0 Å². The van der Waals surface area contributed by atoms with Gasteiger partial charge in [0, 0.05) is 12.1 Å². The van der Waals surface area contributed by atoms with E-state index < -0.39 is 4.92 Å². The molecule has 0 unspecified atom stereocenters. The van der Waals surface area contributed by atoms with Gasteiger partial charge in [0.2, 0.25) is 5.91 Å². The maximum absolute atomic E-state index is 11.3. The Morgan fingerprint density at radius 1 is 1.65 bits per heavy atom. The summed E-state index contributed by atoms with van der Waals surface area (Å²) in [6, 6.07) is 0.0241. The van der Waals surface area contributed by atoms with Gasteiger partial charge in [-0.3, -0.25) is 4.79 Å². The third-order valence-corrected chi connectivity index (χ3v) is 1.85. The highest BCUT2D eigenvalue weighted by molar-refractivity contribution is 5.92. The first kappa shape index (κ1) is 12.9. The van der Waals surface area contributed by atoms with E-state index in [0.29, 0.717) is 5.56 Å². The highest BCUT2D eigenvalue weighted by atomic mass is 16.6. The summed E-state index contributed by atoms with van der Waals surface area (Å²) < 4.78 is 1.33. The van der Waals surface area contributed by atoms with E-state index in [4.69, 9.17) is 0 Å². The van der Waals surface area contributed by atoms with E-state index in [1.165, 1.54) is 23.0 Å². The second-order valence-electron chi connectivity index (χ2n) is 3.84. The number of aryl methyl sites for hydroxylation is 1. The van der Waals surface area contributed by atoms with Crippen LogP contribution in [-0.4, -0.2) is 26.7 Å². The fraction of sp³-hybridized carbons (Fsp3) is 0.400. The van der Waals surface area contributed by atoms with Crippen LogP contribution in [0.25, 0.3) is 6.08 Å². The van der Waals surface area contributed by atoms with Crippen molar-refractivity contribution in [3.8, 4) is 0 Å². The van der Waals surface area contributed by atoms with Crippen LogP contribution < -0.4 is 5.32 Å². The number of carbonyl (C=O) groups excluding carboxylic acids is 1. The second-order valence-corrected chi connectivity index (χ2v) is 3.84. The fourth-order valence-electron chi connectivity index (χ4n) is 1.25. The molecule has 0 aliphatic rings. The molecule has 0 radical (unpaired) electrons. The van der Waals surface area contributed by atoms with Crippen LogP contribution in [0.2, 0.25) is 0 Å². The Bertz CT molecular complexity index is 462. The van der Waals surface area contributed by atoms with E-state index in [9.17, 15) is 14.9 Å². The topological polar surface area (TPSA) is 90.1 Å². The van der Waals surface area contributed by atoms with Crippen molar-refractivity contribution in [2.75, 3.05) is 0 Å². The molecule has 7 heteroatoms. The van der Waals surface area contributed by atoms with Crippen LogP contribution in [0.4, 0.5) is 5.82 Å². The fourth-order valence-corrected chi connectivity index (χ4v) is 1.25. The number of hydrogen-bond donors (Lipinski definition) is 1. The summed E-state index contributed by atoms with van der Waals surface area (Å²) in [6.07, 6.45) is 4.12. The van der Waals surface area contributed by atoms with Gasteiger partial charge in [0.1, 0.15) is 0 Å². The molecule has 1 N–H and O–H groups in total. The lowest BCUT2D eigenvalue weighted by molar-refractivity contribution is -0.390. The van der Waals surface area contributed by atoms with Crippen LogP contribution in [0.5, 0.6) is 0 Å². The maximum atomic E-state index is 11.3. The molecule has 92 valence electrons. The summed E-state index contributed by atoms with van der Waals surface area (Å²) in [5.41, 5.74) is 0.302. The van der Waals surface area contributed by atoms with Crippen molar-refractivity contribution in [1.82, 2.24) is 15.1 Å². The van der Waals surface area contributed by atoms with Crippen molar-refractivity contribution in [2.24, 2.45) is 7.05 Å². The van der Waals surface area contributed by atoms with E-state index in [1.807, 2.05) is 13.8 Å². The van der Waals surface area contributed by atoms with Gasteiger partial charge >= 0.3 is 5.82 Å². The van der Waals surface area contributed by atoms with Crippen LogP contribution in [-0.2, 0) is 11.8 Å². The third-order valence-electron chi connectivity index (χ3n) is 1.85. The molecule has 1 rings (SSSR count). The van der Waals surface area contributed by atoms with Crippen molar-refractivity contribution < 1.29 is 9.72 Å². The van der Waals surface area contributed by atoms with Gasteiger partial charge in [-0.25, -0.2) is 0 Å². The second kappa shape index (κ2) is 5.24. The molecule has 0 saturated carbocycles. The van der Waals surface area contributed by atoms with Gasteiger partial charge in [-0.1, -0.05) is 0 Å². The molecule has 1 aromatic rings. The summed E-state index contributed by atoms with van der Waals surface area (Å²) in [5.74, 6) is -0.556. The molecule has 0 fully saturated rings.